The number of guanidine groups is 1. The molecule has 2 N–H and O–H groups in total. The lowest BCUT2D eigenvalue weighted by atomic mass is 9.84. The van der Waals surface area contributed by atoms with E-state index in [2.05, 4.69) is 32.3 Å². The normalized spacial score (nSPS) is 19.0. The number of aryl methyl sites for hydroxylation is 1. The van der Waals surface area contributed by atoms with E-state index in [4.69, 9.17) is 4.99 Å². The zero-order valence-corrected chi connectivity index (χ0v) is 17.6. The van der Waals surface area contributed by atoms with E-state index in [9.17, 15) is 4.79 Å². The zero-order chi connectivity index (χ0) is 20.0. The molecule has 0 aromatic carbocycles. The van der Waals surface area contributed by atoms with Gasteiger partial charge < -0.3 is 20.1 Å². The molecule has 1 aromatic heterocycles. The van der Waals surface area contributed by atoms with Gasteiger partial charge in [0.15, 0.2) is 11.8 Å². The number of amides is 1. The van der Waals surface area contributed by atoms with Crippen LogP contribution in [0.3, 0.4) is 0 Å². The molecule has 0 radical (unpaired) electrons. The van der Waals surface area contributed by atoms with Gasteiger partial charge in [-0.1, -0.05) is 19.3 Å². The van der Waals surface area contributed by atoms with Gasteiger partial charge in [0.05, 0.1) is 5.41 Å². The van der Waals surface area contributed by atoms with Gasteiger partial charge in [-0.15, -0.1) is 10.2 Å². The molecule has 1 saturated carbocycles. The Hall–Kier alpha value is -2.12. The first-order valence-corrected chi connectivity index (χ1v) is 10.7. The minimum absolute atomic E-state index is 0.219. The molecular weight excluding hydrogens is 354 g/mol. The molecule has 2 aliphatic rings. The van der Waals surface area contributed by atoms with Crippen molar-refractivity contribution < 1.29 is 4.79 Å². The van der Waals surface area contributed by atoms with Gasteiger partial charge in [0.1, 0.15) is 12.4 Å². The van der Waals surface area contributed by atoms with E-state index in [1.165, 1.54) is 19.3 Å². The number of aliphatic imine (C=N–C) groups is 1. The molecule has 1 aliphatic carbocycles. The van der Waals surface area contributed by atoms with Crippen molar-refractivity contribution in [2.24, 2.45) is 10.4 Å². The molecule has 1 fully saturated rings. The lowest BCUT2D eigenvalue weighted by Crippen LogP contribution is -2.49. The molecule has 28 heavy (non-hydrogen) atoms. The lowest BCUT2D eigenvalue weighted by Gasteiger charge is -2.31. The number of carbonyl (C=O) groups is 1. The Morgan fingerprint density at radius 3 is 2.64 bits per heavy atom. The molecule has 156 valence electrons. The third kappa shape index (κ3) is 4.64. The fourth-order valence-corrected chi connectivity index (χ4v) is 4.40. The highest BCUT2D eigenvalue weighted by atomic mass is 16.2. The number of carbonyl (C=O) groups excluding carboxylic acids is 1. The van der Waals surface area contributed by atoms with Crippen molar-refractivity contribution in [2.75, 3.05) is 27.2 Å². The summed E-state index contributed by atoms with van der Waals surface area (Å²) >= 11 is 0. The first-order chi connectivity index (χ1) is 13.6. The Morgan fingerprint density at radius 1 is 1.14 bits per heavy atom. The van der Waals surface area contributed by atoms with E-state index in [0.29, 0.717) is 13.1 Å². The van der Waals surface area contributed by atoms with Crippen molar-refractivity contribution >= 4 is 11.9 Å². The summed E-state index contributed by atoms with van der Waals surface area (Å²) in [4.78, 5) is 19.2. The molecule has 0 atom stereocenters. The maximum Gasteiger partial charge on any atom is 0.230 e. The van der Waals surface area contributed by atoms with Crippen LogP contribution in [0.2, 0.25) is 0 Å². The number of aromatic nitrogens is 3. The molecule has 3 rings (SSSR count). The number of nitrogens with zero attached hydrogens (tertiary/aromatic N) is 5. The SMILES string of the molecule is CCNC(=NCc1nnc2n1CCCCC2)NCC1(C(=O)N(C)C)CCCC1. The van der Waals surface area contributed by atoms with E-state index >= 15 is 0 Å². The minimum Gasteiger partial charge on any atom is -0.357 e. The molecule has 0 saturated heterocycles. The van der Waals surface area contributed by atoms with Crippen molar-refractivity contribution in [3.05, 3.63) is 11.6 Å². The van der Waals surface area contributed by atoms with Gasteiger partial charge >= 0.3 is 0 Å². The topological polar surface area (TPSA) is 87.4 Å². The summed E-state index contributed by atoms with van der Waals surface area (Å²) in [7, 11) is 3.69. The fraction of sp³-hybridized carbons (Fsp3) is 0.800. The number of fused-ring (bicyclic) bond motifs is 1. The summed E-state index contributed by atoms with van der Waals surface area (Å²) in [5.74, 6) is 2.97. The standard InChI is InChI=1S/C20H35N7O/c1-4-21-19(23-15-20(11-7-8-12-20)18(28)26(2)3)22-14-17-25-24-16-10-6-5-9-13-27(16)17/h4-15H2,1-3H3,(H2,21,22,23). The van der Waals surface area contributed by atoms with Crippen LogP contribution >= 0.6 is 0 Å². The van der Waals surface area contributed by atoms with Crippen molar-refractivity contribution in [2.45, 2.75) is 71.4 Å². The first kappa shape index (κ1) is 20.6. The number of hydrogen-bond donors (Lipinski definition) is 2. The van der Waals surface area contributed by atoms with Gasteiger partial charge in [0.2, 0.25) is 5.91 Å². The second kappa shape index (κ2) is 9.39. The molecule has 0 spiro atoms. The van der Waals surface area contributed by atoms with Gasteiger partial charge in [-0.25, -0.2) is 4.99 Å². The summed E-state index contributed by atoms with van der Waals surface area (Å²) in [6.45, 7) is 4.93. The highest BCUT2D eigenvalue weighted by Gasteiger charge is 2.42. The van der Waals surface area contributed by atoms with Crippen LogP contribution in [0.25, 0.3) is 0 Å². The van der Waals surface area contributed by atoms with Crippen LogP contribution in [0.4, 0.5) is 0 Å². The first-order valence-electron chi connectivity index (χ1n) is 10.7. The van der Waals surface area contributed by atoms with Gasteiger partial charge in [-0.2, -0.15) is 0 Å². The molecule has 2 heterocycles. The zero-order valence-electron chi connectivity index (χ0n) is 17.6. The van der Waals surface area contributed by atoms with E-state index in [1.54, 1.807) is 4.90 Å². The van der Waals surface area contributed by atoms with Gasteiger partial charge in [-0.3, -0.25) is 4.79 Å². The summed E-state index contributed by atoms with van der Waals surface area (Å²) in [6.07, 6.45) is 8.72. The summed E-state index contributed by atoms with van der Waals surface area (Å²) < 4.78 is 2.23. The predicted molar refractivity (Wildman–Crippen MR) is 110 cm³/mol. The third-order valence-electron chi connectivity index (χ3n) is 5.92. The maximum absolute atomic E-state index is 12.8. The average molecular weight is 390 g/mol. The summed E-state index contributed by atoms with van der Waals surface area (Å²) in [5, 5.41) is 15.5. The van der Waals surface area contributed by atoms with Gasteiger partial charge in [0, 0.05) is 40.2 Å². The quantitative estimate of drug-likeness (QED) is 0.571. The largest absolute Gasteiger partial charge is 0.357 e. The molecule has 1 aromatic rings. The monoisotopic (exact) mass is 389 g/mol. The van der Waals surface area contributed by atoms with Crippen molar-refractivity contribution in [1.82, 2.24) is 30.3 Å². The van der Waals surface area contributed by atoms with Crippen LogP contribution in [-0.2, 0) is 24.3 Å². The number of rotatable bonds is 6. The molecule has 8 heteroatoms. The van der Waals surface area contributed by atoms with Crippen LogP contribution in [0, 0.1) is 5.41 Å². The lowest BCUT2D eigenvalue weighted by molar-refractivity contribution is -0.138. The highest BCUT2D eigenvalue weighted by Crippen LogP contribution is 2.38. The average Bonchev–Trinajstić information content (AvgIpc) is 3.25. The molecule has 8 nitrogen and oxygen atoms in total. The van der Waals surface area contributed by atoms with Crippen LogP contribution in [0.1, 0.15) is 63.5 Å². The van der Waals surface area contributed by atoms with Crippen LogP contribution < -0.4 is 10.6 Å². The van der Waals surface area contributed by atoms with E-state index < -0.39 is 0 Å². The minimum atomic E-state index is -0.314. The Balaban J connectivity index is 1.68. The van der Waals surface area contributed by atoms with E-state index in [-0.39, 0.29) is 11.3 Å². The summed E-state index contributed by atoms with van der Waals surface area (Å²) in [5.41, 5.74) is -0.314. The second-order valence-corrected chi connectivity index (χ2v) is 8.23. The number of nitrogens with one attached hydrogen (secondary N) is 2. The van der Waals surface area contributed by atoms with Crippen LogP contribution in [-0.4, -0.2) is 58.7 Å². The molecule has 1 aliphatic heterocycles. The van der Waals surface area contributed by atoms with Gasteiger partial charge in [-0.05, 0) is 32.6 Å². The summed E-state index contributed by atoms with van der Waals surface area (Å²) in [6, 6.07) is 0. The van der Waals surface area contributed by atoms with Crippen LogP contribution in [0.15, 0.2) is 4.99 Å². The van der Waals surface area contributed by atoms with E-state index in [0.717, 1.165) is 62.8 Å². The molecular formula is C20H35N7O. The Labute approximate surface area is 168 Å². The fourth-order valence-electron chi connectivity index (χ4n) is 4.40. The smallest absolute Gasteiger partial charge is 0.230 e. The predicted octanol–water partition coefficient (Wildman–Crippen LogP) is 1.71. The second-order valence-electron chi connectivity index (χ2n) is 8.23. The van der Waals surface area contributed by atoms with Gasteiger partial charge in [0.25, 0.3) is 0 Å². The molecule has 1 amide bonds. The Bertz CT molecular complexity index is 689. The van der Waals surface area contributed by atoms with Crippen LogP contribution in [0.5, 0.6) is 0 Å². The molecule has 0 unspecified atom stereocenters. The molecule has 0 bridgehead atoms. The third-order valence-corrected chi connectivity index (χ3v) is 5.92. The Morgan fingerprint density at radius 2 is 1.93 bits per heavy atom. The Kier molecular flexibility index (Phi) is 6.91. The maximum atomic E-state index is 12.8. The van der Waals surface area contributed by atoms with Crippen molar-refractivity contribution in [1.29, 1.82) is 0 Å². The highest BCUT2D eigenvalue weighted by molar-refractivity contribution is 5.85. The van der Waals surface area contributed by atoms with Crippen molar-refractivity contribution in [3.63, 3.8) is 0 Å². The number of hydrogen-bond acceptors (Lipinski definition) is 4. The van der Waals surface area contributed by atoms with Crippen molar-refractivity contribution in [3.8, 4) is 0 Å². The van der Waals surface area contributed by atoms with E-state index in [1.807, 2.05) is 14.1 Å².